The monoisotopic (exact) mass is 542 g/mol. The molecule has 4 aromatic rings. The lowest BCUT2D eigenvalue weighted by atomic mass is 9.97. The molecule has 38 heavy (non-hydrogen) atoms. The van der Waals surface area contributed by atoms with Crippen molar-refractivity contribution in [2.75, 3.05) is 25.3 Å². The molecular formula is C27H22N6O3S2. The fourth-order valence-corrected chi connectivity index (χ4v) is 5.30. The van der Waals surface area contributed by atoms with Crippen LogP contribution in [0.1, 0.15) is 18.1 Å². The second-order valence-corrected chi connectivity index (χ2v) is 10.1. The third kappa shape index (κ3) is 5.39. The number of hydrogen-bond donors (Lipinski definition) is 2. The topological polar surface area (TPSA) is 147 Å². The number of carbonyl (C=O) groups excluding carboxylic acids is 1. The van der Waals surface area contributed by atoms with Gasteiger partial charge in [-0.05, 0) is 30.7 Å². The van der Waals surface area contributed by atoms with Gasteiger partial charge in [0.05, 0.1) is 30.7 Å². The lowest BCUT2D eigenvalue weighted by Crippen LogP contribution is -2.22. The fourth-order valence-electron chi connectivity index (χ4n) is 3.66. The molecule has 1 unspecified atom stereocenters. The van der Waals surface area contributed by atoms with E-state index < -0.39 is 5.25 Å². The van der Waals surface area contributed by atoms with Crippen molar-refractivity contribution in [3.8, 4) is 46.0 Å². The van der Waals surface area contributed by atoms with Crippen molar-refractivity contribution in [1.29, 1.82) is 10.5 Å². The second kappa shape index (κ2) is 11.6. The van der Waals surface area contributed by atoms with Crippen molar-refractivity contribution in [1.82, 2.24) is 9.97 Å². The van der Waals surface area contributed by atoms with Gasteiger partial charge in [-0.2, -0.15) is 10.5 Å². The lowest BCUT2D eigenvalue weighted by molar-refractivity contribution is -0.115. The smallest absolute Gasteiger partial charge is 0.239 e. The van der Waals surface area contributed by atoms with Gasteiger partial charge < -0.3 is 20.5 Å². The first-order chi connectivity index (χ1) is 18.4. The number of ether oxygens (including phenoxy) is 2. The van der Waals surface area contributed by atoms with Gasteiger partial charge in [-0.25, -0.2) is 9.97 Å². The molecule has 190 valence electrons. The van der Waals surface area contributed by atoms with Gasteiger partial charge in [0.25, 0.3) is 0 Å². The van der Waals surface area contributed by atoms with Crippen LogP contribution in [-0.2, 0) is 4.79 Å². The number of nitriles is 2. The average molecular weight is 543 g/mol. The molecule has 9 nitrogen and oxygen atoms in total. The van der Waals surface area contributed by atoms with E-state index in [4.69, 9.17) is 15.2 Å². The molecular weight excluding hydrogens is 520 g/mol. The molecule has 0 saturated carbocycles. The number of thioether (sulfide) groups is 1. The summed E-state index contributed by atoms with van der Waals surface area (Å²) in [5.74, 6) is 0.860. The standard InChI is InChI=1S/C27H22N6O3S2/c1-15(25(34)33-27-31-20(14-37-27)17-9-10-21(35-2)22(11-17)36-3)38-26-19(13-29)23(16-7-5-4-6-8-16)18(12-28)24(30)32-26/h4-11,14-15H,1-3H3,(H2,30,32)(H,31,33,34). The second-order valence-electron chi connectivity index (χ2n) is 7.87. The minimum Gasteiger partial charge on any atom is -0.493 e. The molecule has 0 saturated heterocycles. The number of carbonyl (C=O) groups is 1. The number of pyridine rings is 1. The number of nitrogens with zero attached hydrogens (tertiary/aromatic N) is 4. The van der Waals surface area contributed by atoms with E-state index in [9.17, 15) is 15.3 Å². The molecule has 0 aliphatic carbocycles. The molecule has 1 atom stereocenters. The Balaban J connectivity index is 1.56. The van der Waals surface area contributed by atoms with Gasteiger partial charge in [-0.15, -0.1) is 11.3 Å². The van der Waals surface area contributed by atoms with E-state index in [0.717, 1.165) is 17.3 Å². The highest BCUT2D eigenvalue weighted by Crippen LogP contribution is 2.37. The summed E-state index contributed by atoms with van der Waals surface area (Å²) >= 11 is 2.37. The van der Waals surface area contributed by atoms with Gasteiger partial charge in [0.1, 0.15) is 28.5 Å². The maximum atomic E-state index is 13.0. The normalized spacial score (nSPS) is 11.2. The van der Waals surface area contributed by atoms with Crippen LogP contribution in [0.4, 0.5) is 10.9 Å². The van der Waals surface area contributed by atoms with Gasteiger partial charge in [0, 0.05) is 16.5 Å². The molecule has 0 radical (unpaired) electrons. The maximum Gasteiger partial charge on any atom is 0.239 e. The first-order valence-corrected chi connectivity index (χ1v) is 13.0. The molecule has 0 aliphatic rings. The SMILES string of the molecule is COc1ccc(-c2csc(NC(=O)C(C)Sc3nc(N)c(C#N)c(-c4ccccc4)c3C#N)n2)cc1OC. The first kappa shape index (κ1) is 26.5. The number of benzene rings is 2. The van der Waals surface area contributed by atoms with E-state index in [1.165, 1.54) is 11.3 Å². The summed E-state index contributed by atoms with van der Waals surface area (Å²) in [5.41, 5.74) is 8.95. The summed E-state index contributed by atoms with van der Waals surface area (Å²) in [4.78, 5) is 21.8. The number of methoxy groups -OCH3 is 2. The van der Waals surface area contributed by atoms with Crippen LogP contribution in [0.15, 0.2) is 58.9 Å². The predicted molar refractivity (Wildman–Crippen MR) is 148 cm³/mol. The summed E-state index contributed by atoms with van der Waals surface area (Å²) < 4.78 is 10.6. The predicted octanol–water partition coefficient (Wildman–Crippen LogP) is 5.33. The molecule has 2 aromatic heterocycles. The van der Waals surface area contributed by atoms with Gasteiger partial charge in [0.2, 0.25) is 5.91 Å². The molecule has 1 amide bonds. The Bertz CT molecular complexity index is 1570. The molecule has 2 aromatic carbocycles. The zero-order chi connectivity index (χ0) is 27.2. The third-order valence-electron chi connectivity index (χ3n) is 5.55. The summed E-state index contributed by atoms with van der Waals surface area (Å²) in [6, 6.07) is 18.7. The van der Waals surface area contributed by atoms with E-state index in [1.807, 2.05) is 23.6 Å². The summed E-state index contributed by atoms with van der Waals surface area (Å²) in [6.07, 6.45) is 0. The fraction of sp³-hybridized carbons (Fsp3) is 0.148. The van der Waals surface area contributed by atoms with Crippen molar-refractivity contribution in [3.63, 3.8) is 0 Å². The number of hydrogen-bond acceptors (Lipinski definition) is 10. The van der Waals surface area contributed by atoms with Gasteiger partial charge in [-0.1, -0.05) is 42.1 Å². The van der Waals surface area contributed by atoms with Crippen molar-refractivity contribution in [2.45, 2.75) is 17.2 Å². The first-order valence-electron chi connectivity index (χ1n) is 11.2. The summed E-state index contributed by atoms with van der Waals surface area (Å²) in [6.45, 7) is 1.70. The van der Waals surface area contributed by atoms with Crippen molar-refractivity contribution in [2.24, 2.45) is 0 Å². The maximum absolute atomic E-state index is 13.0. The van der Waals surface area contributed by atoms with Crippen LogP contribution >= 0.6 is 23.1 Å². The number of nitrogens with one attached hydrogen (secondary N) is 1. The minimum atomic E-state index is -0.640. The molecule has 4 rings (SSSR count). The number of anilines is 2. The Labute approximate surface area is 227 Å². The van der Waals surface area contributed by atoms with Crippen LogP contribution in [0.3, 0.4) is 0 Å². The number of nitrogen functional groups attached to an aromatic ring is 1. The van der Waals surface area contributed by atoms with Crippen LogP contribution < -0.4 is 20.5 Å². The number of aromatic nitrogens is 2. The molecule has 3 N–H and O–H groups in total. The Hall–Kier alpha value is -4.58. The van der Waals surface area contributed by atoms with Crippen LogP contribution in [0.25, 0.3) is 22.4 Å². The van der Waals surface area contributed by atoms with Gasteiger partial charge >= 0.3 is 0 Å². The number of thiazole rings is 1. The summed E-state index contributed by atoms with van der Waals surface area (Å²) in [7, 11) is 3.13. The van der Waals surface area contributed by atoms with Crippen molar-refractivity contribution in [3.05, 3.63) is 65.0 Å². The van der Waals surface area contributed by atoms with E-state index in [2.05, 4.69) is 27.4 Å². The zero-order valence-electron chi connectivity index (χ0n) is 20.7. The van der Waals surface area contributed by atoms with Gasteiger partial charge in [-0.3, -0.25) is 4.79 Å². The lowest BCUT2D eigenvalue weighted by Gasteiger charge is -2.15. The van der Waals surface area contributed by atoms with E-state index in [0.29, 0.717) is 33.5 Å². The highest BCUT2D eigenvalue weighted by atomic mass is 32.2. The van der Waals surface area contributed by atoms with E-state index >= 15 is 0 Å². The largest absolute Gasteiger partial charge is 0.493 e. The van der Waals surface area contributed by atoms with Crippen LogP contribution in [-0.4, -0.2) is 35.3 Å². The molecule has 0 spiro atoms. The molecule has 2 heterocycles. The van der Waals surface area contributed by atoms with E-state index in [1.54, 1.807) is 51.5 Å². The Morgan fingerprint density at radius 2 is 1.74 bits per heavy atom. The molecule has 0 bridgehead atoms. The third-order valence-corrected chi connectivity index (χ3v) is 7.39. The number of rotatable bonds is 8. The molecule has 0 fully saturated rings. The summed E-state index contributed by atoms with van der Waals surface area (Å²) in [5, 5.41) is 24.3. The number of amides is 1. The van der Waals surface area contributed by atoms with Crippen LogP contribution in [0, 0.1) is 22.7 Å². The van der Waals surface area contributed by atoms with Crippen molar-refractivity contribution >= 4 is 40.0 Å². The molecule has 11 heteroatoms. The highest BCUT2D eigenvalue weighted by Gasteiger charge is 2.24. The molecule has 0 aliphatic heterocycles. The van der Waals surface area contributed by atoms with Crippen LogP contribution in [0.2, 0.25) is 0 Å². The quantitative estimate of drug-likeness (QED) is 0.282. The Kier molecular flexibility index (Phi) is 8.12. The van der Waals surface area contributed by atoms with Gasteiger partial charge in [0.15, 0.2) is 16.6 Å². The number of nitrogens with two attached hydrogens (primary N) is 1. The Morgan fingerprint density at radius 1 is 1.03 bits per heavy atom. The van der Waals surface area contributed by atoms with E-state index in [-0.39, 0.29) is 27.9 Å². The highest BCUT2D eigenvalue weighted by molar-refractivity contribution is 8.00. The van der Waals surface area contributed by atoms with Crippen LogP contribution in [0.5, 0.6) is 11.5 Å². The zero-order valence-corrected chi connectivity index (χ0v) is 22.3. The van der Waals surface area contributed by atoms with Crippen molar-refractivity contribution < 1.29 is 14.3 Å². The average Bonchev–Trinajstić information content (AvgIpc) is 3.41. The Morgan fingerprint density at radius 3 is 2.39 bits per heavy atom. The minimum absolute atomic E-state index is 0.0000498.